The molecule has 0 spiro atoms. The molecule has 0 radical (unpaired) electrons. The van der Waals surface area contributed by atoms with Gasteiger partial charge in [-0.3, -0.25) is 9.69 Å². The van der Waals surface area contributed by atoms with Gasteiger partial charge in [0, 0.05) is 25.8 Å². The van der Waals surface area contributed by atoms with Crippen LogP contribution >= 0.6 is 0 Å². The Balaban J connectivity index is 1.40. The van der Waals surface area contributed by atoms with Crippen molar-refractivity contribution in [2.24, 2.45) is 16.8 Å². The van der Waals surface area contributed by atoms with Crippen LogP contribution in [0.25, 0.3) is 0 Å². The van der Waals surface area contributed by atoms with Crippen LogP contribution in [-0.2, 0) is 16.1 Å². The number of carbonyl (C=O) groups is 2. The van der Waals surface area contributed by atoms with Crippen LogP contribution in [0, 0.1) is 11.8 Å². The molecule has 3 fully saturated rings. The van der Waals surface area contributed by atoms with E-state index in [1.54, 1.807) is 23.9 Å². The summed E-state index contributed by atoms with van der Waals surface area (Å²) in [5, 5.41) is 6.77. The Morgan fingerprint density at radius 2 is 2.03 bits per heavy atom. The lowest BCUT2D eigenvalue weighted by atomic mass is 9.95. The first-order valence-electron chi connectivity index (χ1n) is 10.8. The smallest absolute Gasteiger partial charge is 0.414 e. The van der Waals surface area contributed by atoms with E-state index < -0.39 is 0 Å². The number of amides is 2. The third kappa shape index (κ3) is 4.68. The largest absolute Gasteiger partial charge is 0.447 e. The van der Waals surface area contributed by atoms with Gasteiger partial charge >= 0.3 is 6.09 Å². The molecule has 2 amide bonds. The molecule has 1 aromatic rings. The predicted octanol–water partition coefficient (Wildman–Crippen LogP) is 1.96. The maximum atomic E-state index is 12.0. The number of guanidine groups is 1. The van der Waals surface area contributed by atoms with Crippen molar-refractivity contribution in [1.29, 1.82) is 0 Å². The Kier molecular flexibility index (Phi) is 6.11. The summed E-state index contributed by atoms with van der Waals surface area (Å²) in [5.74, 6) is 2.25. The third-order valence-corrected chi connectivity index (χ3v) is 6.39. The van der Waals surface area contributed by atoms with Crippen LogP contribution in [0.2, 0.25) is 0 Å². The van der Waals surface area contributed by atoms with Crippen LogP contribution in [0.3, 0.4) is 0 Å². The number of ether oxygens (including phenoxy) is 1. The van der Waals surface area contributed by atoms with E-state index in [9.17, 15) is 9.59 Å². The molecule has 3 atom stereocenters. The van der Waals surface area contributed by atoms with Gasteiger partial charge in [-0.15, -0.1) is 0 Å². The lowest BCUT2D eigenvalue weighted by molar-refractivity contribution is -0.127. The van der Waals surface area contributed by atoms with Crippen molar-refractivity contribution in [3.8, 4) is 0 Å². The molecule has 1 heterocycles. The van der Waals surface area contributed by atoms with E-state index in [0.29, 0.717) is 37.6 Å². The number of carbonyl (C=O) groups excluding carboxylic acids is 2. The molecule has 0 aromatic heterocycles. The zero-order valence-corrected chi connectivity index (χ0v) is 17.8. The summed E-state index contributed by atoms with van der Waals surface area (Å²) < 4.78 is 4.99. The Bertz CT molecular complexity index is 807. The van der Waals surface area contributed by atoms with Gasteiger partial charge in [-0.1, -0.05) is 18.6 Å². The fourth-order valence-electron chi connectivity index (χ4n) is 4.65. The molecule has 3 aliphatic rings. The third-order valence-electron chi connectivity index (χ3n) is 6.39. The van der Waals surface area contributed by atoms with E-state index in [1.165, 1.54) is 25.7 Å². The van der Waals surface area contributed by atoms with Crippen LogP contribution < -0.4 is 15.5 Å². The molecule has 2 saturated carbocycles. The fraction of sp³-hybridized carbons (Fsp3) is 0.591. The zero-order chi connectivity index (χ0) is 21.1. The number of nitrogens with one attached hydrogen (secondary N) is 2. The summed E-state index contributed by atoms with van der Waals surface area (Å²) in [5.41, 5.74) is 1.87. The van der Waals surface area contributed by atoms with Crippen molar-refractivity contribution in [2.75, 3.05) is 38.7 Å². The SMILES string of the molecule is CN(C)C(=O)CNC(=NCc1ccc(N2CCOC2=O)cc1)NC1CC2CCC1C2. The summed E-state index contributed by atoms with van der Waals surface area (Å²) in [4.78, 5) is 31.7. The number of benzene rings is 1. The highest BCUT2D eigenvalue weighted by molar-refractivity contribution is 5.89. The van der Waals surface area contributed by atoms with Crippen molar-refractivity contribution in [1.82, 2.24) is 15.5 Å². The lowest BCUT2D eigenvalue weighted by Crippen LogP contribution is -2.48. The van der Waals surface area contributed by atoms with Crippen molar-refractivity contribution in [3.63, 3.8) is 0 Å². The topological polar surface area (TPSA) is 86.3 Å². The number of anilines is 1. The highest BCUT2D eigenvalue weighted by Crippen LogP contribution is 2.44. The maximum Gasteiger partial charge on any atom is 0.414 e. The van der Waals surface area contributed by atoms with Crippen molar-refractivity contribution < 1.29 is 14.3 Å². The monoisotopic (exact) mass is 413 g/mol. The fourth-order valence-corrected chi connectivity index (χ4v) is 4.65. The molecule has 2 bridgehead atoms. The minimum atomic E-state index is -0.298. The molecule has 2 aliphatic carbocycles. The number of cyclic esters (lactones) is 1. The van der Waals surface area contributed by atoms with Crippen LogP contribution in [0.4, 0.5) is 10.5 Å². The first-order chi connectivity index (χ1) is 14.5. The second kappa shape index (κ2) is 8.93. The van der Waals surface area contributed by atoms with Gasteiger partial charge in [-0.05, 0) is 48.8 Å². The molecule has 8 heteroatoms. The summed E-state index contributed by atoms with van der Waals surface area (Å²) in [7, 11) is 3.50. The number of rotatable bonds is 6. The van der Waals surface area contributed by atoms with E-state index in [4.69, 9.17) is 9.73 Å². The second-order valence-corrected chi connectivity index (χ2v) is 8.66. The molecule has 1 aromatic carbocycles. The number of likely N-dealkylation sites (N-methyl/N-ethyl adjacent to an activating group) is 1. The predicted molar refractivity (Wildman–Crippen MR) is 115 cm³/mol. The Hall–Kier alpha value is -2.77. The van der Waals surface area contributed by atoms with Crippen LogP contribution in [-0.4, -0.2) is 62.7 Å². The van der Waals surface area contributed by atoms with Crippen molar-refractivity contribution in [2.45, 2.75) is 38.3 Å². The number of nitrogens with zero attached hydrogens (tertiary/aromatic N) is 3. The molecule has 8 nitrogen and oxygen atoms in total. The highest BCUT2D eigenvalue weighted by atomic mass is 16.6. The van der Waals surface area contributed by atoms with Crippen molar-refractivity contribution >= 4 is 23.6 Å². The summed E-state index contributed by atoms with van der Waals surface area (Å²) in [6.45, 7) is 1.73. The molecule has 4 rings (SSSR count). The minimum Gasteiger partial charge on any atom is -0.447 e. The van der Waals surface area contributed by atoms with Gasteiger partial charge in [-0.25, -0.2) is 9.79 Å². The standard InChI is InChI=1S/C22H31N5O3/c1-26(2)20(28)14-24-21(25-19-12-16-3-6-17(19)11-16)23-13-15-4-7-18(8-5-15)27-9-10-30-22(27)29/h4-5,7-8,16-17,19H,3,6,9-14H2,1-2H3,(H2,23,24,25). The first-order valence-corrected chi connectivity index (χ1v) is 10.8. The van der Waals surface area contributed by atoms with Gasteiger partial charge in [0.2, 0.25) is 5.91 Å². The van der Waals surface area contributed by atoms with E-state index >= 15 is 0 Å². The number of hydrogen-bond acceptors (Lipinski definition) is 4. The van der Waals surface area contributed by atoms with Crippen LogP contribution in [0.15, 0.2) is 29.3 Å². The maximum absolute atomic E-state index is 12.0. The molecule has 1 saturated heterocycles. The lowest BCUT2D eigenvalue weighted by Gasteiger charge is -2.25. The molecule has 30 heavy (non-hydrogen) atoms. The number of hydrogen-bond donors (Lipinski definition) is 2. The van der Waals surface area contributed by atoms with Crippen molar-refractivity contribution in [3.05, 3.63) is 29.8 Å². The van der Waals surface area contributed by atoms with Gasteiger partial charge in [0.15, 0.2) is 5.96 Å². The summed E-state index contributed by atoms with van der Waals surface area (Å²) in [6, 6.07) is 8.23. The average Bonchev–Trinajstić information content (AvgIpc) is 3.47. The van der Waals surface area contributed by atoms with Crippen LogP contribution in [0.5, 0.6) is 0 Å². The molecule has 1 aliphatic heterocycles. The minimum absolute atomic E-state index is 0.0132. The molecular weight excluding hydrogens is 382 g/mol. The Labute approximate surface area is 177 Å². The van der Waals surface area contributed by atoms with E-state index in [-0.39, 0.29) is 18.5 Å². The highest BCUT2D eigenvalue weighted by Gasteiger charge is 2.39. The summed E-state index contributed by atoms with van der Waals surface area (Å²) >= 11 is 0. The van der Waals surface area contributed by atoms with Gasteiger partial charge < -0.3 is 20.3 Å². The summed E-state index contributed by atoms with van der Waals surface area (Å²) in [6.07, 6.45) is 4.83. The first kappa shape index (κ1) is 20.5. The van der Waals surface area contributed by atoms with Gasteiger partial charge in [-0.2, -0.15) is 0 Å². The second-order valence-electron chi connectivity index (χ2n) is 8.66. The quantitative estimate of drug-likeness (QED) is 0.550. The Morgan fingerprint density at radius 3 is 2.63 bits per heavy atom. The normalized spacial score (nSPS) is 25.4. The molecular formula is C22H31N5O3. The molecule has 2 N–H and O–H groups in total. The Morgan fingerprint density at radius 1 is 1.23 bits per heavy atom. The number of fused-ring (bicyclic) bond motifs is 2. The van der Waals surface area contributed by atoms with E-state index in [1.807, 2.05) is 24.3 Å². The van der Waals surface area contributed by atoms with E-state index in [2.05, 4.69) is 10.6 Å². The zero-order valence-electron chi connectivity index (χ0n) is 17.8. The van der Waals surface area contributed by atoms with Gasteiger partial charge in [0.1, 0.15) is 6.61 Å². The average molecular weight is 414 g/mol. The van der Waals surface area contributed by atoms with E-state index in [0.717, 1.165) is 17.2 Å². The molecule has 3 unspecified atom stereocenters. The van der Waals surface area contributed by atoms with Crippen LogP contribution in [0.1, 0.15) is 31.2 Å². The van der Waals surface area contributed by atoms with Gasteiger partial charge in [0.05, 0.1) is 19.6 Å². The molecule has 162 valence electrons. The number of aliphatic imine (C=N–C) groups is 1. The van der Waals surface area contributed by atoms with Gasteiger partial charge in [0.25, 0.3) is 0 Å².